The minimum absolute atomic E-state index is 0.111. The van der Waals surface area contributed by atoms with E-state index in [0.717, 1.165) is 0 Å². The standard InChI is InChI=1S/C17H23FN4O2/c1-12(2)7-14(10-23)21-17(24)20-9-13-3-4-16(15(18)8-13)22-6-5-19-11-22/h3-6,8,11-12,14,23H,7,9-10H2,1-2H3,(H2,20,21,24). The van der Waals surface area contributed by atoms with Crippen LogP contribution < -0.4 is 10.6 Å². The van der Waals surface area contributed by atoms with Crippen LogP contribution in [0.2, 0.25) is 0 Å². The van der Waals surface area contributed by atoms with Crippen molar-refractivity contribution < 1.29 is 14.3 Å². The van der Waals surface area contributed by atoms with E-state index in [0.29, 0.717) is 23.6 Å². The molecule has 0 saturated carbocycles. The maximum absolute atomic E-state index is 14.1. The molecule has 2 amide bonds. The molecule has 3 N–H and O–H groups in total. The van der Waals surface area contributed by atoms with E-state index < -0.39 is 0 Å². The van der Waals surface area contributed by atoms with Crippen LogP contribution in [0.15, 0.2) is 36.9 Å². The van der Waals surface area contributed by atoms with E-state index in [4.69, 9.17) is 0 Å². The monoisotopic (exact) mass is 334 g/mol. The van der Waals surface area contributed by atoms with Crippen LogP contribution in [0.3, 0.4) is 0 Å². The third kappa shape index (κ3) is 5.06. The van der Waals surface area contributed by atoms with Gasteiger partial charge in [0.25, 0.3) is 0 Å². The highest BCUT2D eigenvalue weighted by Crippen LogP contribution is 2.14. The van der Waals surface area contributed by atoms with E-state index in [2.05, 4.69) is 15.6 Å². The third-order valence-corrected chi connectivity index (χ3v) is 3.56. The molecule has 130 valence electrons. The zero-order chi connectivity index (χ0) is 17.5. The summed E-state index contributed by atoms with van der Waals surface area (Å²) in [7, 11) is 0. The molecule has 0 bridgehead atoms. The lowest BCUT2D eigenvalue weighted by Gasteiger charge is -2.18. The van der Waals surface area contributed by atoms with Crippen LogP contribution >= 0.6 is 0 Å². The van der Waals surface area contributed by atoms with Gasteiger partial charge in [0.05, 0.1) is 24.7 Å². The molecular weight excluding hydrogens is 311 g/mol. The van der Waals surface area contributed by atoms with Gasteiger partial charge in [0.15, 0.2) is 0 Å². The Bertz CT molecular complexity index is 659. The third-order valence-electron chi connectivity index (χ3n) is 3.56. The number of carbonyl (C=O) groups is 1. The first kappa shape index (κ1) is 17.9. The number of hydrogen-bond donors (Lipinski definition) is 3. The number of amides is 2. The smallest absolute Gasteiger partial charge is 0.315 e. The Morgan fingerprint density at radius 1 is 1.42 bits per heavy atom. The molecule has 0 radical (unpaired) electrons. The Morgan fingerprint density at radius 3 is 2.79 bits per heavy atom. The van der Waals surface area contributed by atoms with Gasteiger partial charge in [0.1, 0.15) is 5.82 Å². The average molecular weight is 334 g/mol. The summed E-state index contributed by atoms with van der Waals surface area (Å²) in [6, 6.07) is 4.10. The van der Waals surface area contributed by atoms with Crippen LogP contribution in [-0.4, -0.2) is 33.3 Å². The molecule has 2 aromatic rings. The summed E-state index contributed by atoms with van der Waals surface area (Å²) in [4.78, 5) is 15.8. The number of nitrogens with zero attached hydrogens (tertiary/aromatic N) is 2. The summed E-state index contributed by atoms with van der Waals surface area (Å²) < 4.78 is 15.7. The Balaban J connectivity index is 1.90. The molecule has 1 aromatic heterocycles. The second-order valence-corrected chi connectivity index (χ2v) is 6.09. The van der Waals surface area contributed by atoms with E-state index in [1.807, 2.05) is 13.8 Å². The van der Waals surface area contributed by atoms with Gasteiger partial charge in [-0.2, -0.15) is 0 Å². The number of aliphatic hydroxyl groups is 1. The number of urea groups is 1. The molecule has 1 aromatic carbocycles. The Kier molecular flexibility index (Phi) is 6.31. The van der Waals surface area contributed by atoms with E-state index in [9.17, 15) is 14.3 Å². The van der Waals surface area contributed by atoms with Crippen LogP contribution in [0.25, 0.3) is 5.69 Å². The molecule has 0 aliphatic heterocycles. The highest BCUT2D eigenvalue weighted by atomic mass is 19.1. The number of imidazole rings is 1. The van der Waals surface area contributed by atoms with Gasteiger partial charge < -0.3 is 20.3 Å². The van der Waals surface area contributed by atoms with Crippen LogP contribution in [0.1, 0.15) is 25.8 Å². The van der Waals surface area contributed by atoms with Crippen molar-refractivity contribution in [1.82, 2.24) is 20.2 Å². The molecular formula is C17H23FN4O2. The number of rotatable bonds is 7. The van der Waals surface area contributed by atoms with Crippen molar-refractivity contribution in [2.24, 2.45) is 5.92 Å². The summed E-state index contributed by atoms with van der Waals surface area (Å²) in [6.45, 7) is 4.13. The summed E-state index contributed by atoms with van der Waals surface area (Å²) in [6.07, 6.45) is 5.45. The molecule has 7 heteroatoms. The summed E-state index contributed by atoms with van der Waals surface area (Å²) in [5.41, 5.74) is 1.05. The van der Waals surface area contributed by atoms with Crippen molar-refractivity contribution in [3.8, 4) is 5.69 Å². The predicted octanol–water partition coefficient (Wildman–Crippen LogP) is 2.22. The van der Waals surface area contributed by atoms with E-state index in [1.165, 1.54) is 12.4 Å². The molecule has 0 aliphatic rings. The molecule has 6 nitrogen and oxygen atoms in total. The quantitative estimate of drug-likeness (QED) is 0.726. The van der Waals surface area contributed by atoms with Gasteiger partial charge in [0, 0.05) is 18.9 Å². The van der Waals surface area contributed by atoms with Gasteiger partial charge in [0.2, 0.25) is 0 Å². The van der Waals surface area contributed by atoms with Crippen LogP contribution in [0, 0.1) is 11.7 Å². The van der Waals surface area contributed by atoms with Crippen LogP contribution in [0.5, 0.6) is 0 Å². The van der Waals surface area contributed by atoms with Crippen LogP contribution in [-0.2, 0) is 6.54 Å². The van der Waals surface area contributed by atoms with Crippen molar-refractivity contribution in [1.29, 1.82) is 0 Å². The second-order valence-electron chi connectivity index (χ2n) is 6.09. The minimum atomic E-state index is -0.388. The number of aromatic nitrogens is 2. The molecule has 24 heavy (non-hydrogen) atoms. The predicted molar refractivity (Wildman–Crippen MR) is 89.2 cm³/mol. The molecule has 0 aliphatic carbocycles. The second kappa shape index (κ2) is 8.44. The lowest BCUT2D eigenvalue weighted by atomic mass is 10.0. The van der Waals surface area contributed by atoms with Crippen molar-refractivity contribution in [2.75, 3.05) is 6.61 Å². The van der Waals surface area contributed by atoms with Crippen molar-refractivity contribution in [3.05, 3.63) is 48.3 Å². The number of hydrogen-bond acceptors (Lipinski definition) is 3. The van der Waals surface area contributed by atoms with Crippen molar-refractivity contribution >= 4 is 6.03 Å². The number of nitrogens with one attached hydrogen (secondary N) is 2. The fourth-order valence-corrected chi connectivity index (χ4v) is 2.44. The van der Waals surface area contributed by atoms with Gasteiger partial charge in [-0.3, -0.25) is 0 Å². The molecule has 1 unspecified atom stereocenters. The zero-order valence-corrected chi connectivity index (χ0v) is 13.9. The maximum Gasteiger partial charge on any atom is 0.315 e. The summed E-state index contributed by atoms with van der Waals surface area (Å²) in [5, 5.41) is 14.6. The number of carbonyl (C=O) groups excluding carboxylic acids is 1. The minimum Gasteiger partial charge on any atom is -0.394 e. The molecule has 0 saturated heterocycles. The molecule has 1 heterocycles. The zero-order valence-electron chi connectivity index (χ0n) is 13.9. The lowest BCUT2D eigenvalue weighted by molar-refractivity contribution is 0.206. The highest BCUT2D eigenvalue weighted by molar-refractivity contribution is 5.74. The number of aliphatic hydroxyl groups excluding tert-OH is 1. The average Bonchev–Trinajstić information content (AvgIpc) is 3.06. The Labute approximate surface area is 140 Å². The first-order chi connectivity index (χ1) is 11.5. The van der Waals surface area contributed by atoms with E-state index >= 15 is 0 Å². The lowest BCUT2D eigenvalue weighted by Crippen LogP contribution is -2.44. The molecule has 1 atom stereocenters. The molecule has 0 fully saturated rings. The Hall–Kier alpha value is -2.41. The first-order valence-corrected chi connectivity index (χ1v) is 7.91. The van der Waals surface area contributed by atoms with Gasteiger partial charge in [-0.25, -0.2) is 14.2 Å². The van der Waals surface area contributed by atoms with Crippen molar-refractivity contribution in [3.63, 3.8) is 0 Å². The molecule has 0 spiro atoms. The maximum atomic E-state index is 14.1. The van der Waals surface area contributed by atoms with Gasteiger partial charge in [-0.1, -0.05) is 19.9 Å². The largest absolute Gasteiger partial charge is 0.394 e. The summed E-state index contributed by atoms with van der Waals surface area (Å²) >= 11 is 0. The SMILES string of the molecule is CC(C)CC(CO)NC(=O)NCc1ccc(-n2ccnc2)c(F)c1. The molecule has 2 rings (SSSR count). The highest BCUT2D eigenvalue weighted by Gasteiger charge is 2.13. The summed E-state index contributed by atoms with van der Waals surface area (Å²) in [5.74, 6) is -0.0204. The van der Waals surface area contributed by atoms with Gasteiger partial charge >= 0.3 is 6.03 Å². The Morgan fingerprint density at radius 2 is 2.21 bits per heavy atom. The normalized spacial score (nSPS) is 12.2. The fraction of sp³-hybridized carbons (Fsp3) is 0.412. The number of halogens is 1. The van der Waals surface area contributed by atoms with Crippen molar-refractivity contribution in [2.45, 2.75) is 32.9 Å². The van der Waals surface area contributed by atoms with Crippen LogP contribution in [0.4, 0.5) is 9.18 Å². The van der Waals surface area contributed by atoms with Gasteiger partial charge in [-0.05, 0) is 30.0 Å². The van der Waals surface area contributed by atoms with Gasteiger partial charge in [-0.15, -0.1) is 0 Å². The van der Waals surface area contributed by atoms with E-state index in [-0.39, 0.29) is 31.0 Å². The topological polar surface area (TPSA) is 79.2 Å². The number of benzene rings is 1. The van der Waals surface area contributed by atoms with E-state index in [1.54, 1.807) is 29.1 Å². The first-order valence-electron chi connectivity index (χ1n) is 7.91. The fourth-order valence-electron chi connectivity index (χ4n) is 2.44.